The van der Waals surface area contributed by atoms with Crippen molar-refractivity contribution in [3.05, 3.63) is 23.8 Å². The van der Waals surface area contributed by atoms with Crippen molar-refractivity contribution in [1.82, 2.24) is 10.2 Å². The lowest BCUT2D eigenvalue weighted by atomic mass is 10.1. The van der Waals surface area contributed by atoms with Crippen LogP contribution in [0.4, 0.5) is 0 Å². The first-order valence-electron chi connectivity index (χ1n) is 6.79. The molecule has 120 valence electrons. The Labute approximate surface area is 133 Å². The van der Waals surface area contributed by atoms with E-state index in [9.17, 15) is 4.79 Å². The van der Waals surface area contributed by atoms with Gasteiger partial charge in [-0.2, -0.15) is 0 Å². The van der Waals surface area contributed by atoms with E-state index >= 15 is 0 Å². The maximum Gasteiger partial charge on any atom is 0.224 e. The van der Waals surface area contributed by atoms with Crippen LogP contribution in [-0.4, -0.2) is 45.2 Å². The zero-order valence-corrected chi connectivity index (χ0v) is 14.0. The maximum atomic E-state index is 12.0. The highest BCUT2D eigenvalue weighted by atomic mass is 35.5. The highest BCUT2D eigenvalue weighted by Gasteiger charge is 2.13. The Morgan fingerprint density at radius 2 is 1.90 bits per heavy atom. The molecule has 0 aromatic heterocycles. The Morgan fingerprint density at radius 3 is 2.43 bits per heavy atom. The van der Waals surface area contributed by atoms with Crippen LogP contribution in [0.2, 0.25) is 0 Å². The van der Waals surface area contributed by atoms with E-state index in [1.54, 1.807) is 14.2 Å². The highest BCUT2D eigenvalue weighted by Crippen LogP contribution is 2.28. The second-order valence-corrected chi connectivity index (χ2v) is 4.45. The zero-order chi connectivity index (χ0) is 15.0. The number of amides is 1. The van der Waals surface area contributed by atoms with Crippen molar-refractivity contribution < 1.29 is 14.3 Å². The summed E-state index contributed by atoms with van der Waals surface area (Å²) in [7, 11) is 5.06. The molecule has 0 radical (unpaired) electrons. The van der Waals surface area contributed by atoms with Crippen molar-refractivity contribution in [1.29, 1.82) is 0 Å². The Hall–Kier alpha value is -1.46. The van der Waals surface area contributed by atoms with Gasteiger partial charge in [0, 0.05) is 26.1 Å². The van der Waals surface area contributed by atoms with Crippen LogP contribution < -0.4 is 14.8 Å². The summed E-state index contributed by atoms with van der Waals surface area (Å²) >= 11 is 0. The van der Waals surface area contributed by atoms with E-state index in [4.69, 9.17) is 9.47 Å². The van der Waals surface area contributed by atoms with E-state index < -0.39 is 0 Å². The lowest BCUT2D eigenvalue weighted by molar-refractivity contribution is -0.131. The van der Waals surface area contributed by atoms with Gasteiger partial charge >= 0.3 is 0 Å². The maximum absolute atomic E-state index is 12.0. The number of carbonyl (C=O) groups excluding carboxylic acids is 1. The molecular formula is C15H25ClN2O3. The number of halogens is 1. The molecule has 0 spiro atoms. The molecule has 0 heterocycles. The molecule has 6 heteroatoms. The number of hydrogen-bond acceptors (Lipinski definition) is 4. The zero-order valence-electron chi connectivity index (χ0n) is 13.1. The fraction of sp³-hybridized carbons (Fsp3) is 0.533. The van der Waals surface area contributed by atoms with Crippen LogP contribution in [0.1, 0.15) is 18.9 Å². The number of ether oxygens (including phenoxy) is 2. The van der Waals surface area contributed by atoms with Crippen LogP contribution in [0.25, 0.3) is 0 Å². The first-order valence-corrected chi connectivity index (χ1v) is 6.79. The van der Waals surface area contributed by atoms with Crippen LogP contribution in [0.5, 0.6) is 11.5 Å². The van der Waals surface area contributed by atoms with Crippen LogP contribution in [0, 0.1) is 0 Å². The lowest BCUT2D eigenvalue weighted by Gasteiger charge is -2.21. The lowest BCUT2D eigenvalue weighted by Crippen LogP contribution is -2.32. The molecule has 21 heavy (non-hydrogen) atoms. The average molecular weight is 317 g/mol. The van der Waals surface area contributed by atoms with Crippen LogP contribution in [-0.2, 0) is 11.3 Å². The molecule has 0 aliphatic rings. The molecule has 1 aromatic carbocycles. The summed E-state index contributed by atoms with van der Waals surface area (Å²) in [5.74, 6) is 1.53. The summed E-state index contributed by atoms with van der Waals surface area (Å²) in [6.45, 7) is 3.95. The minimum atomic E-state index is 0. The predicted octanol–water partition coefficient (Wildman–Crippen LogP) is 2.08. The number of nitrogens with one attached hydrogen (secondary N) is 1. The molecule has 0 atom stereocenters. The molecule has 1 N–H and O–H groups in total. The molecule has 0 bridgehead atoms. The number of carbonyl (C=O) groups is 1. The normalized spacial score (nSPS) is 9.71. The van der Waals surface area contributed by atoms with Gasteiger partial charge in [0.25, 0.3) is 0 Å². The van der Waals surface area contributed by atoms with Gasteiger partial charge in [-0.3, -0.25) is 4.79 Å². The summed E-state index contributed by atoms with van der Waals surface area (Å²) in [4.78, 5) is 13.9. The predicted molar refractivity (Wildman–Crippen MR) is 86.4 cm³/mol. The van der Waals surface area contributed by atoms with Crippen molar-refractivity contribution in [2.75, 3.05) is 34.4 Å². The first-order chi connectivity index (χ1) is 9.65. The monoisotopic (exact) mass is 316 g/mol. The van der Waals surface area contributed by atoms with Gasteiger partial charge in [0.2, 0.25) is 5.91 Å². The van der Waals surface area contributed by atoms with Gasteiger partial charge in [-0.1, -0.05) is 6.07 Å². The highest BCUT2D eigenvalue weighted by molar-refractivity contribution is 5.85. The molecule has 1 aromatic rings. The molecule has 1 amide bonds. The first kappa shape index (κ1) is 19.5. The van der Waals surface area contributed by atoms with Crippen LogP contribution in [0.15, 0.2) is 18.2 Å². The molecule has 0 saturated heterocycles. The number of rotatable bonds is 8. The Morgan fingerprint density at radius 1 is 1.24 bits per heavy atom. The molecule has 1 rings (SSSR count). The average Bonchev–Trinajstić information content (AvgIpc) is 2.49. The summed E-state index contributed by atoms with van der Waals surface area (Å²) in [6, 6.07) is 5.72. The Kier molecular flexibility index (Phi) is 9.58. The molecule has 0 unspecified atom stereocenters. The third-order valence-corrected chi connectivity index (χ3v) is 3.14. The van der Waals surface area contributed by atoms with E-state index in [1.165, 1.54) is 0 Å². The largest absolute Gasteiger partial charge is 0.493 e. The van der Waals surface area contributed by atoms with Gasteiger partial charge in [0.15, 0.2) is 11.5 Å². The topological polar surface area (TPSA) is 50.8 Å². The minimum absolute atomic E-state index is 0. The third-order valence-electron chi connectivity index (χ3n) is 3.14. The SMILES string of the molecule is CCN(Cc1ccc(OC)c(OC)c1)C(=O)CCNC.Cl. The third kappa shape index (κ3) is 5.81. The van der Waals surface area contributed by atoms with E-state index in [1.807, 2.05) is 37.1 Å². The minimum Gasteiger partial charge on any atom is -0.493 e. The van der Waals surface area contributed by atoms with Crippen molar-refractivity contribution in [3.63, 3.8) is 0 Å². The molecule has 5 nitrogen and oxygen atoms in total. The molecular weight excluding hydrogens is 292 g/mol. The van der Waals surface area contributed by atoms with E-state index in [2.05, 4.69) is 5.32 Å². The van der Waals surface area contributed by atoms with Crippen molar-refractivity contribution in [2.45, 2.75) is 19.9 Å². The summed E-state index contributed by atoms with van der Waals surface area (Å²) in [5, 5.41) is 2.99. The fourth-order valence-electron chi connectivity index (χ4n) is 1.97. The molecule has 0 aliphatic carbocycles. The number of benzene rings is 1. The molecule has 0 saturated carbocycles. The Bertz CT molecular complexity index is 441. The van der Waals surface area contributed by atoms with Crippen LogP contribution >= 0.6 is 12.4 Å². The van der Waals surface area contributed by atoms with E-state index in [-0.39, 0.29) is 18.3 Å². The second-order valence-electron chi connectivity index (χ2n) is 4.45. The second kappa shape index (κ2) is 10.3. The van der Waals surface area contributed by atoms with Gasteiger partial charge in [0.1, 0.15) is 0 Å². The number of nitrogens with zero attached hydrogens (tertiary/aromatic N) is 1. The molecule has 0 fully saturated rings. The van der Waals surface area contributed by atoms with E-state index in [0.717, 1.165) is 5.56 Å². The molecule has 0 aliphatic heterocycles. The van der Waals surface area contributed by atoms with Gasteiger partial charge in [-0.15, -0.1) is 12.4 Å². The van der Waals surface area contributed by atoms with Gasteiger partial charge in [-0.05, 0) is 31.7 Å². The van der Waals surface area contributed by atoms with Crippen LogP contribution in [0.3, 0.4) is 0 Å². The standard InChI is InChI=1S/C15H24N2O3.ClH/c1-5-17(15(18)8-9-16-2)11-12-6-7-13(19-3)14(10-12)20-4;/h6-7,10,16H,5,8-9,11H2,1-4H3;1H. The van der Waals surface area contributed by atoms with Gasteiger partial charge < -0.3 is 19.7 Å². The quantitative estimate of drug-likeness (QED) is 0.798. The smallest absolute Gasteiger partial charge is 0.224 e. The summed E-state index contributed by atoms with van der Waals surface area (Å²) in [5.41, 5.74) is 1.03. The summed E-state index contributed by atoms with van der Waals surface area (Å²) < 4.78 is 10.5. The fourth-order valence-corrected chi connectivity index (χ4v) is 1.97. The van der Waals surface area contributed by atoms with Crippen molar-refractivity contribution in [3.8, 4) is 11.5 Å². The van der Waals surface area contributed by atoms with E-state index in [0.29, 0.717) is 37.6 Å². The number of hydrogen-bond donors (Lipinski definition) is 1. The Balaban J connectivity index is 0.00000400. The van der Waals surface area contributed by atoms with Crippen molar-refractivity contribution in [2.24, 2.45) is 0 Å². The van der Waals surface area contributed by atoms with Gasteiger partial charge in [-0.25, -0.2) is 0 Å². The van der Waals surface area contributed by atoms with Gasteiger partial charge in [0.05, 0.1) is 14.2 Å². The summed E-state index contributed by atoms with van der Waals surface area (Å²) in [6.07, 6.45) is 0.512. The van der Waals surface area contributed by atoms with Crippen molar-refractivity contribution >= 4 is 18.3 Å². The number of methoxy groups -OCH3 is 2.